The number of fused-ring (bicyclic) bond motifs is 2. The van der Waals surface area contributed by atoms with Crippen molar-refractivity contribution in [2.75, 3.05) is 0 Å². The summed E-state index contributed by atoms with van der Waals surface area (Å²) >= 11 is 0. The zero-order chi connectivity index (χ0) is 31.7. The van der Waals surface area contributed by atoms with Gasteiger partial charge in [0.1, 0.15) is 0 Å². The molecule has 0 saturated carbocycles. The van der Waals surface area contributed by atoms with Crippen LogP contribution < -0.4 is 0 Å². The number of hydrogen-bond acceptors (Lipinski definition) is 0. The highest BCUT2D eigenvalue weighted by Gasteiger charge is 2.15. The molecule has 0 atom stereocenters. The van der Waals surface area contributed by atoms with Crippen molar-refractivity contribution in [3.05, 3.63) is 142 Å². The Balaban J connectivity index is 0.000000193. The molecule has 0 fully saturated rings. The molecule has 0 saturated heterocycles. The normalized spacial score (nSPS) is 11.4. The minimum Gasteiger partial charge on any atom is -0.0616 e. The van der Waals surface area contributed by atoms with Crippen LogP contribution in [0.1, 0.15) is 84.0 Å². The second-order valence-corrected chi connectivity index (χ2v) is 13.4. The Morgan fingerprint density at radius 2 is 0.795 bits per heavy atom. The SMILES string of the molecule is CC(C)c1c2ccccc2cc2ccccc12.Cc1cc(C)c(-c2cc(-c3c(C)cc(C)cc3C)cc(C(C)C)c2)c(C)c1. The fourth-order valence-electron chi connectivity index (χ4n) is 7.22. The van der Waals surface area contributed by atoms with E-state index in [9.17, 15) is 0 Å². The van der Waals surface area contributed by atoms with E-state index >= 15 is 0 Å². The van der Waals surface area contributed by atoms with Crippen LogP contribution in [0, 0.1) is 41.5 Å². The highest BCUT2D eigenvalue weighted by molar-refractivity contribution is 6.02. The summed E-state index contributed by atoms with van der Waals surface area (Å²) in [5.74, 6) is 1.05. The first-order valence-electron chi connectivity index (χ1n) is 16.2. The van der Waals surface area contributed by atoms with Crippen molar-refractivity contribution in [1.82, 2.24) is 0 Å². The minimum absolute atomic E-state index is 0.501. The van der Waals surface area contributed by atoms with Gasteiger partial charge in [0.15, 0.2) is 0 Å². The minimum atomic E-state index is 0.501. The second kappa shape index (κ2) is 12.8. The van der Waals surface area contributed by atoms with Gasteiger partial charge in [0, 0.05) is 0 Å². The molecule has 44 heavy (non-hydrogen) atoms. The molecule has 0 amide bonds. The van der Waals surface area contributed by atoms with Gasteiger partial charge < -0.3 is 0 Å². The van der Waals surface area contributed by atoms with Crippen LogP contribution in [0.5, 0.6) is 0 Å². The molecular formula is C44H48. The molecule has 0 N–H and O–H groups in total. The summed E-state index contributed by atoms with van der Waals surface area (Å²) in [6.07, 6.45) is 0. The average molecular weight is 577 g/mol. The van der Waals surface area contributed by atoms with Crippen molar-refractivity contribution < 1.29 is 0 Å². The summed E-state index contributed by atoms with van der Waals surface area (Å²) in [6.45, 7) is 22.4. The van der Waals surface area contributed by atoms with E-state index in [2.05, 4.69) is 166 Å². The van der Waals surface area contributed by atoms with E-state index in [1.54, 1.807) is 0 Å². The number of rotatable bonds is 4. The molecule has 0 heteroatoms. The first-order chi connectivity index (χ1) is 20.9. The summed E-state index contributed by atoms with van der Waals surface area (Å²) in [7, 11) is 0. The first kappa shape index (κ1) is 31.3. The van der Waals surface area contributed by atoms with E-state index < -0.39 is 0 Å². The zero-order valence-corrected chi connectivity index (χ0v) is 28.4. The quantitative estimate of drug-likeness (QED) is 0.183. The Kier molecular flexibility index (Phi) is 9.12. The predicted octanol–water partition coefficient (Wildman–Crippen LogP) is 13.1. The number of benzene rings is 6. The lowest BCUT2D eigenvalue weighted by molar-refractivity contribution is 0.867. The highest BCUT2D eigenvalue weighted by atomic mass is 14.2. The Morgan fingerprint density at radius 3 is 1.16 bits per heavy atom. The molecule has 0 aliphatic heterocycles. The van der Waals surface area contributed by atoms with Crippen molar-refractivity contribution in [2.45, 2.75) is 81.1 Å². The van der Waals surface area contributed by atoms with Crippen molar-refractivity contribution in [1.29, 1.82) is 0 Å². The van der Waals surface area contributed by atoms with Crippen LogP contribution in [0.3, 0.4) is 0 Å². The Bertz CT molecular complexity index is 1790. The van der Waals surface area contributed by atoms with Gasteiger partial charge in [-0.15, -0.1) is 0 Å². The molecule has 0 bridgehead atoms. The van der Waals surface area contributed by atoms with Crippen LogP contribution in [0.4, 0.5) is 0 Å². The average Bonchev–Trinajstić information content (AvgIpc) is 2.95. The number of aryl methyl sites for hydroxylation is 6. The second-order valence-electron chi connectivity index (χ2n) is 13.4. The van der Waals surface area contributed by atoms with Gasteiger partial charge in [0.05, 0.1) is 0 Å². The molecule has 0 spiro atoms. The van der Waals surface area contributed by atoms with Gasteiger partial charge in [-0.2, -0.15) is 0 Å². The van der Waals surface area contributed by atoms with Gasteiger partial charge in [-0.05, 0) is 143 Å². The van der Waals surface area contributed by atoms with Gasteiger partial charge >= 0.3 is 0 Å². The maximum atomic E-state index is 2.39. The lowest BCUT2D eigenvalue weighted by Gasteiger charge is -2.19. The first-order valence-corrected chi connectivity index (χ1v) is 16.2. The summed E-state index contributed by atoms with van der Waals surface area (Å²) in [6, 6.07) is 36.0. The van der Waals surface area contributed by atoms with E-state index in [0.717, 1.165) is 0 Å². The van der Waals surface area contributed by atoms with E-state index in [0.29, 0.717) is 11.8 Å². The lowest BCUT2D eigenvalue weighted by Crippen LogP contribution is -1.97. The molecule has 6 rings (SSSR count). The summed E-state index contributed by atoms with van der Waals surface area (Å²) in [5, 5.41) is 5.47. The zero-order valence-electron chi connectivity index (χ0n) is 28.4. The molecular weight excluding hydrogens is 528 g/mol. The topological polar surface area (TPSA) is 0 Å². The molecule has 6 aromatic rings. The Labute approximate surface area is 265 Å². The van der Waals surface area contributed by atoms with Crippen LogP contribution in [0.15, 0.2) is 97.1 Å². The van der Waals surface area contributed by atoms with E-state index in [-0.39, 0.29) is 0 Å². The highest BCUT2D eigenvalue weighted by Crippen LogP contribution is 2.37. The Morgan fingerprint density at radius 1 is 0.409 bits per heavy atom. The Hall–Kier alpha value is -4.16. The molecule has 0 nitrogen and oxygen atoms in total. The fraction of sp³-hybridized carbons (Fsp3) is 0.273. The molecule has 0 aliphatic rings. The number of hydrogen-bond donors (Lipinski definition) is 0. The summed E-state index contributed by atoms with van der Waals surface area (Å²) in [5.41, 5.74) is 16.4. The van der Waals surface area contributed by atoms with Gasteiger partial charge in [-0.1, -0.05) is 124 Å². The van der Waals surface area contributed by atoms with E-state index in [4.69, 9.17) is 0 Å². The van der Waals surface area contributed by atoms with Crippen molar-refractivity contribution >= 4 is 21.5 Å². The molecule has 0 aliphatic carbocycles. The third-order valence-electron chi connectivity index (χ3n) is 8.94. The van der Waals surface area contributed by atoms with Crippen molar-refractivity contribution in [3.63, 3.8) is 0 Å². The molecule has 224 valence electrons. The van der Waals surface area contributed by atoms with Crippen LogP contribution in [-0.4, -0.2) is 0 Å². The smallest absolute Gasteiger partial charge is 0.0125 e. The standard InChI is InChI=1S/C27H32.C17H16/c1-16(2)23-13-24(26-19(5)9-17(3)10-20(26)6)15-25(14-23)27-21(7)11-18(4)12-22(27)8;1-12(2)17-15-9-5-3-7-13(15)11-14-8-4-6-10-16(14)17/h9-16H,1-8H3;3-12H,1-2H3. The molecule has 0 heterocycles. The van der Waals surface area contributed by atoms with Gasteiger partial charge in [0.2, 0.25) is 0 Å². The molecule has 0 aromatic heterocycles. The fourth-order valence-corrected chi connectivity index (χ4v) is 7.22. The van der Waals surface area contributed by atoms with Gasteiger partial charge in [-0.25, -0.2) is 0 Å². The van der Waals surface area contributed by atoms with Gasteiger partial charge in [-0.3, -0.25) is 0 Å². The van der Waals surface area contributed by atoms with Crippen LogP contribution in [0.25, 0.3) is 43.8 Å². The largest absolute Gasteiger partial charge is 0.0616 e. The van der Waals surface area contributed by atoms with Crippen LogP contribution in [0.2, 0.25) is 0 Å². The van der Waals surface area contributed by atoms with E-state index in [1.165, 1.54) is 88.3 Å². The third-order valence-corrected chi connectivity index (χ3v) is 8.94. The van der Waals surface area contributed by atoms with E-state index in [1.807, 2.05) is 0 Å². The van der Waals surface area contributed by atoms with Crippen LogP contribution >= 0.6 is 0 Å². The lowest BCUT2D eigenvalue weighted by atomic mass is 9.86. The monoisotopic (exact) mass is 576 g/mol. The molecule has 0 radical (unpaired) electrons. The van der Waals surface area contributed by atoms with Crippen molar-refractivity contribution in [2.24, 2.45) is 0 Å². The third kappa shape index (κ3) is 6.36. The van der Waals surface area contributed by atoms with Crippen molar-refractivity contribution in [3.8, 4) is 22.3 Å². The molecule has 0 unspecified atom stereocenters. The van der Waals surface area contributed by atoms with Crippen LogP contribution in [-0.2, 0) is 0 Å². The summed E-state index contributed by atoms with van der Waals surface area (Å²) < 4.78 is 0. The maximum absolute atomic E-state index is 2.39. The predicted molar refractivity (Wildman–Crippen MR) is 195 cm³/mol. The summed E-state index contributed by atoms with van der Waals surface area (Å²) in [4.78, 5) is 0. The molecule has 6 aromatic carbocycles. The van der Waals surface area contributed by atoms with Gasteiger partial charge in [0.25, 0.3) is 0 Å². The maximum Gasteiger partial charge on any atom is -0.0125 e.